The molecule has 1 amide bonds. The molecule has 0 unspecified atom stereocenters. The molecule has 0 aliphatic rings. The molecule has 0 radical (unpaired) electrons. The fraction of sp³-hybridized carbons (Fsp3) is 0.240. The van der Waals surface area contributed by atoms with Crippen molar-refractivity contribution in [1.29, 1.82) is 0 Å². The van der Waals surface area contributed by atoms with Crippen LogP contribution in [0, 0.1) is 5.82 Å². The molecule has 2 aromatic carbocycles. The Balaban J connectivity index is 1.80. The molecule has 36 heavy (non-hydrogen) atoms. The van der Waals surface area contributed by atoms with Crippen LogP contribution in [-0.2, 0) is 34.3 Å². The highest BCUT2D eigenvalue weighted by Gasteiger charge is 2.19. The van der Waals surface area contributed by atoms with Crippen LogP contribution in [0.1, 0.15) is 31.2 Å². The average Bonchev–Trinajstić information content (AvgIpc) is 3.18. The molecule has 0 spiro atoms. The minimum Gasteiger partial charge on any atom is -0.368 e. The van der Waals surface area contributed by atoms with Crippen LogP contribution in [0.15, 0.2) is 64.4 Å². The van der Waals surface area contributed by atoms with Crippen molar-refractivity contribution in [2.45, 2.75) is 44.2 Å². The zero-order valence-electron chi connectivity index (χ0n) is 19.6. The van der Waals surface area contributed by atoms with Gasteiger partial charge < -0.3 is 14.9 Å². The van der Waals surface area contributed by atoms with Crippen molar-refractivity contribution in [3.8, 4) is 11.1 Å². The molecule has 4 aromatic rings. The van der Waals surface area contributed by atoms with Crippen molar-refractivity contribution in [3.05, 3.63) is 82.3 Å². The van der Waals surface area contributed by atoms with Crippen LogP contribution < -0.4 is 16.4 Å². The summed E-state index contributed by atoms with van der Waals surface area (Å²) in [6.45, 7) is 1.77. The molecule has 9 nitrogen and oxygen atoms in total. The lowest BCUT2D eigenvalue weighted by molar-refractivity contribution is -0.118. The number of nitrogens with zero attached hydrogens (tertiary/aromatic N) is 3. The summed E-state index contributed by atoms with van der Waals surface area (Å²) in [7, 11) is -4.01. The van der Waals surface area contributed by atoms with Crippen molar-refractivity contribution in [1.82, 2.24) is 14.1 Å². The number of hydrogen-bond acceptors (Lipinski definition) is 5. The van der Waals surface area contributed by atoms with Gasteiger partial charge in [-0.2, -0.15) is 0 Å². The van der Waals surface area contributed by atoms with E-state index < -0.39 is 27.3 Å². The second kappa shape index (κ2) is 10.0. The molecule has 4 rings (SSSR count). The average molecular weight is 512 g/mol. The Morgan fingerprint density at radius 3 is 2.56 bits per heavy atom. The van der Waals surface area contributed by atoms with Gasteiger partial charge in [-0.1, -0.05) is 43.7 Å². The lowest BCUT2D eigenvalue weighted by Gasteiger charge is -2.13. The minimum atomic E-state index is -4.01. The summed E-state index contributed by atoms with van der Waals surface area (Å²) in [6.07, 6.45) is 3.78. The number of nitrogens with two attached hydrogens (primary N) is 2. The van der Waals surface area contributed by atoms with Gasteiger partial charge in [0.1, 0.15) is 23.7 Å². The molecule has 2 aromatic heterocycles. The maximum absolute atomic E-state index is 15.3. The first-order valence-corrected chi connectivity index (χ1v) is 12.9. The van der Waals surface area contributed by atoms with E-state index in [9.17, 15) is 18.0 Å². The van der Waals surface area contributed by atoms with Crippen molar-refractivity contribution in [3.63, 3.8) is 0 Å². The number of rotatable bonds is 9. The van der Waals surface area contributed by atoms with Crippen LogP contribution >= 0.6 is 0 Å². The number of fused-ring (bicyclic) bond motifs is 1. The molecule has 0 bridgehead atoms. The highest BCUT2D eigenvalue weighted by Crippen LogP contribution is 2.28. The summed E-state index contributed by atoms with van der Waals surface area (Å²) in [5, 5.41) is 5.33. The van der Waals surface area contributed by atoms with Crippen molar-refractivity contribution < 1.29 is 17.6 Å². The number of pyridine rings is 1. The van der Waals surface area contributed by atoms with Crippen molar-refractivity contribution >= 4 is 27.0 Å². The van der Waals surface area contributed by atoms with Gasteiger partial charge in [0.25, 0.3) is 5.56 Å². The molecular weight excluding hydrogens is 485 g/mol. The van der Waals surface area contributed by atoms with E-state index in [1.165, 1.54) is 22.9 Å². The lowest BCUT2D eigenvalue weighted by Crippen LogP contribution is -2.28. The number of hydrogen-bond donors (Lipinski definition) is 2. The Hall–Kier alpha value is -3.83. The van der Waals surface area contributed by atoms with Crippen LogP contribution in [0.4, 0.5) is 4.39 Å². The monoisotopic (exact) mass is 511 g/mol. The van der Waals surface area contributed by atoms with Gasteiger partial charge in [0.05, 0.1) is 17.0 Å². The fourth-order valence-corrected chi connectivity index (χ4v) is 4.94. The van der Waals surface area contributed by atoms with E-state index in [0.29, 0.717) is 23.3 Å². The molecule has 0 atom stereocenters. The number of halogens is 1. The van der Waals surface area contributed by atoms with Gasteiger partial charge >= 0.3 is 0 Å². The second-order valence-electron chi connectivity index (χ2n) is 8.51. The molecule has 0 fully saturated rings. The van der Waals surface area contributed by atoms with E-state index in [1.807, 2.05) is 6.92 Å². The first-order chi connectivity index (χ1) is 17.1. The first-order valence-electron chi connectivity index (χ1n) is 11.4. The van der Waals surface area contributed by atoms with Gasteiger partial charge in [-0.3, -0.25) is 9.59 Å². The number of primary amides is 1. The summed E-state index contributed by atoms with van der Waals surface area (Å²) >= 11 is 0. The van der Waals surface area contributed by atoms with E-state index in [4.69, 9.17) is 10.9 Å². The van der Waals surface area contributed by atoms with Gasteiger partial charge in [-0.15, -0.1) is 0 Å². The zero-order valence-corrected chi connectivity index (χ0v) is 20.5. The molecule has 0 aliphatic carbocycles. The summed E-state index contributed by atoms with van der Waals surface area (Å²) < 4.78 is 42.2. The van der Waals surface area contributed by atoms with E-state index in [-0.39, 0.29) is 34.6 Å². The van der Waals surface area contributed by atoms with Gasteiger partial charge in [0.2, 0.25) is 15.9 Å². The number of sulfonamides is 1. The van der Waals surface area contributed by atoms with E-state index >= 15 is 4.39 Å². The van der Waals surface area contributed by atoms with E-state index in [2.05, 4.69) is 4.98 Å². The lowest BCUT2D eigenvalue weighted by atomic mass is 10.0. The number of unbranched alkanes of at least 4 members (excludes halogenated alkanes) is 1. The second-order valence-corrected chi connectivity index (χ2v) is 10.0. The number of primary sulfonamides is 1. The van der Waals surface area contributed by atoms with Gasteiger partial charge in [-0.05, 0) is 30.2 Å². The molecule has 188 valence electrons. The number of benzene rings is 2. The molecular formula is C25H26FN5O4S. The number of imidazole rings is 1. The van der Waals surface area contributed by atoms with Gasteiger partial charge in [0, 0.05) is 23.7 Å². The largest absolute Gasteiger partial charge is 0.368 e. The van der Waals surface area contributed by atoms with Crippen LogP contribution in [0.25, 0.3) is 22.2 Å². The Kier molecular flexibility index (Phi) is 7.04. The smallest absolute Gasteiger partial charge is 0.277 e. The normalized spacial score (nSPS) is 11.8. The maximum Gasteiger partial charge on any atom is 0.277 e. The Morgan fingerprint density at radius 1 is 1.14 bits per heavy atom. The van der Waals surface area contributed by atoms with Crippen LogP contribution in [0.2, 0.25) is 0 Å². The Morgan fingerprint density at radius 2 is 1.89 bits per heavy atom. The van der Waals surface area contributed by atoms with Crippen molar-refractivity contribution in [2.75, 3.05) is 0 Å². The molecule has 0 saturated carbocycles. The number of amides is 1. The number of aryl methyl sites for hydroxylation is 1. The van der Waals surface area contributed by atoms with Crippen molar-refractivity contribution in [2.24, 2.45) is 10.9 Å². The summed E-state index contributed by atoms with van der Waals surface area (Å²) in [5.41, 5.74) is 6.46. The third kappa shape index (κ3) is 5.07. The summed E-state index contributed by atoms with van der Waals surface area (Å²) in [4.78, 5) is 29.0. The fourth-order valence-electron chi connectivity index (χ4n) is 4.18. The highest BCUT2D eigenvalue weighted by atomic mass is 32.2. The summed E-state index contributed by atoms with van der Waals surface area (Å²) in [5.74, 6) is -0.604. The molecule has 0 saturated heterocycles. The topological polar surface area (TPSA) is 143 Å². The number of carbonyl (C=O) groups excluding carboxylic acids is 1. The van der Waals surface area contributed by atoms with E-state index in [1.54, 1.807) is 41.0 Å². The SMILES string of the molecule is CCCCc1nc2ccn(CC(N)=O)c(=O)c2n1Cc1ccc(-c2ccccc2S(N)(=O)=O)cc1F. The number of carbonyl (C=O) groups is 1. The standard InChI is InChI=1S/C25H26FN5O4S/c1-2-3-8-23-29-20-11-12-30(15-22(27)32)25(33)24(20)31(23)14-17-10-9-16(13-19(17)26)18-6-4-5-7-21(18)36(28,34)35/h4-7,9-13H,2-3,8,14-15H2,1H3,(H2,27,32)(H2,28,34,35). The van der Waals surface area contributed by atoms with Gasteiger partial charge in [0.15, 0.2) is 0 Å². The van der Waals surface area contributed by atoms with Crippen LogP contribution in [0.3, 0.4) is 0 Å². The predicted octanol–water partition coefficient (Wildman–Crippen LogP) is 2.53. The molecule has 4 N–H and O–H groups in total. The van der Waals surface area contributed by atoms with Crippen LogP contribution in [-0.4, -0.2) is 28.4 Å². The zero-order chi connectivity index (χ0) is 26.0. The van der Waals surface area contributed by atoms with E-state index in [0.717, 1.165) is 12.8 Å². The first kappa shape index (κ1) is 25.3. The molecule has 2 heterocycles. The molecule has 0 aliphatic heterocycles. The van der Waals surface area contributed by atoms with Gasteiger partial charge in [-0.25, -0.2) is 22.9 Å². The summed E-state index contributed by atoms with van der Waals surface area (Å²) in [6, 6.07) is 12.1. The quantitative estimate of drug-likeness (QED) is 0.355. The molecule has 11 heteroatoms. The third-order valence-corrected chi connectivity index (χ3v) is 6.88. The van der Waals surface area contributed by atoms with Crippen LogP contribution in [0.5, 0.6) is 0 Å². The highest BCUT2D eigenvalue weighted by molar-refractivity contribution is 7.89. The number of aromatic nitrogens is 3. The third-order valence-electron chi connectivity index (χ3n) is 5.92. The Bertz CT molecular complexity index is 1630. The minimum absolute atomic E-state index is 0.0221. The predicted molar refractivity (Wildman–Crippen MR) is 134 cm³/mol. The maximum atomic E-state index is 15.3. The Labute approximate surface area is 207 Å².